The summed E-state index contributed by atoms with van der Waals surface area (Å²) >= 11 is 0. The van der Waals surface area contributed by atoms with Crippen LogP contribution in [-0.2, 0) is 0 Å². The van der Waals surface area contributed by atoms with Crippen LogP contribution in [0, 0.1) is 0 Å². The van der Waals surface area contributed by atoms with Gasteiger partial charge in [-0.1, -0.05) is 0 Å². The van der Waals surface area contributed by atoms with Gasteiger partial charge in [0.25, 0.3) is 0 Å². The lowest BCUT2D eigenvalue weighted by atomic mass is 9.98. The molecule has 106 valence electrons. The molecule has 0 aromatic carbocycles. The molecule has 0 amide bonds. The van der Waals surface area contributed by atoms with Crippen LogP contribution in [0.25, 0.3) is 11.1 Å². The number of pyridine rings is 2. The number of carbonyl (C=O) groups is 2. The molecule has 0 unspecified atom stereocenters. The summed E-state index contributed by atoms with van der Waals surface area (Å²) in [6.45, 7) is 0. The fourth-order valence-corrected chi connectivity index (χ4v) is 1.68. The maximum absolute atomic E-state index is 11.1. The molecule has 0 aliphatic heterocycles. The summed E-state index contributed by atoms with van der Waals surface area (Å²) < 4.78 is 0. The summed E-state index contributed by atoms with van der Waals surface area (Å²) in [7, 11) is 0. The Bertz CT molecular complexity index is 579. The predicted molar refractivity (Wildman–Crippen MR) is 58.9 cm³/mol. The van der Waals surface area contributed by atoms with Crippen LogP contribution in [-0.4, -0.2) is 22.2 Å². The van der Waals surface area contributed by atoms with E-state index in [1.165, 1.54) is 24.5 Å². The van der Waals surface area contributed by atoms with Gasteiger partial charge in [0.05, 0.1) is 0 Å². The second kappa shape index (κ2) is 7.42. The normalized spacial score (nSPS) is 9.00. The van der Waals surface area contributed by atoms with Crippen molar-refractivity contribution in [2.24, 2.45) is 0 Å². The standard InChI is InChI=1S/C12H8N2O4.2ClH/c15-11(16)9-5-13-3-1-7(9)8-2-4-14-6-10(8)12(17)18;;/h1-6H,(H,15,16)(H,17,18);2*1H. The third kappa shape index (κ3) is 3.43. The maximum Gasteiger partial charge on any atom is 0.342 e. The molecule has 0 saturated carbocycles. The molecule has 0 radical (unpaired) electrons. The molecule has 0 bridgehead atoms. The average Bonchev–Trinajstić information content (AvgIpc) is 2.38. The van der Waals surface area contributed by atoms with Crippen molar-refractivity contribution in [2.75, 3.05) is 0 Å². The van der Waals surface area contributed by atoms with Crippen LogP contribution < -0.4 is 34.8 Å². The number of aromatic nitrogens is 2. The van der Waals surface area contributed by atoms with Crippen LogP contribution in [0.4, 0.5) is 0 Å². The minimum atomic E-state index is -1.12. The molecule has 8 heteroatoms. The number of H-pyrrole nitrogens is 2. The van der Waals surface area contributed by atoms with Gasteiger partial charge in [-0.05, 0) is 0 Å². The molecule has 0 aliphatic carbocycles. The molecule has 0 fully saturated rings. The van der Waals surface area contributed by atoms with Crippen LogP contribution in [0.5, 0.6) is 0 Å². The zero-order valence-corrected chi connectivity index (χ0v) is 11.4. The van der Waals surface area contributed by atoms with Crippen molar-refractivity contribution in [3.8, 4) is 11.1 Å². The zero-order valence-electron chi connectivity index (χ0n) is 9.93. The SMILES string of the molecule is O=C(O)c1c[nH+]ccc1-c1cc[nH+]cc1C(=O)O.[Cl-].[Cl-]. The summed E-state index contributed by atoms with van der Waals surface area (Å²) in [5, 5.41) is 18.2. The molecule has 2 aromatic heterocycles. The Morgan fingerprint density at radius 3 is 1.45 bits per heavy atom. The number of rotatable bonds is 3. The highest BCUT2D eigenvalue weighted by Crippen LogP contribution is 2.24. The molecule has 4 N–H and O–H groups in total. The minimum absolute atomic E-state index is 0. The van der Waals surface area contributed by atoms with Gasteiger partial charge in [-0.25, -0.2) is 19.6 Å². The van der Waals surface area contributed by atoms with Gasteiger partial charge in [0.1, 0.15) is 11.1 Å². The smallest absolute Gasteiger partial charge is 0.342 e. The van der Waals surface area contributed by atoms with E-state index in [9.17, 15) is 9.59 Å². The van der Waals surface area contributed by atoms with Crippen LogP contribution in [0.15, 0.2) is 36.9 Å². The van der Waals surface area contributed by atoms with Crippen LogP contribution in [0.1, 0.15) is 20.7 Å². The molecule has 0 aliphatic rings. The third-order valence-corrected chi connectivity index (χ3v) is 2.48. The van der Waals surface area contributed by atoms with Crippen molar-refractivity contribution in [2.45, 2.75) is 0 Å². The lowest BCUT2D eigenvalue weighted by Crippen LogP contribution is -3.00. The van der Waals surface area contributed by atoms with E-state index in [0.717, 1.165) is 0 Å². The molecular weight excluding hydrogens is 307 g/mol. The maximum atomic E-state index is 11.1. The quantitative estimate of drug-likeness (QED) is 0.589. The van der Waals surface area contributed by atoms with Gasteiger partial charge in [0.15, 0.2) is 24.8 Å². The molecule has 0 saturated heterocycles. The lowest BCUT2D eigenvalue weighted by molar-refractivity contribution is -0.378. The van der Waals surface area contributed by atoms with Gasteiger partial charge in [0, 0.05) is 23.3 Å². The first-order valence-electron chi connectivity index (χ1n) is 5.08. The number of aromatic amines is 2. The summed E-state index contributed by atoms with van der Waals surface area (Å²) in [4.78, 5) is 27.5. The number of hydrogen-bond acceptors (Lipinski definition) is 2. The van der Waals surface area contributed by atoms with Crippen LogP contribution in [0.3, 0.4) is 0 Å². The van der Waals surface area contributed by atoms with E-state index in [1.54, 1.807) is 12.4 Å². The van der Waals surface area contributed by atoms with Crippen molar-refractivity contribution >= 4 is 11.9 Å². The van der Waals surface area contributed by atoms with Gasteiger partial charge >= 0.3 is 11.9 Å². The van der Waals surface area contributed by atoms with Crippen molar-refractivity contribution in [3.05, 3.63) is 48.0 Å². The second-order valence-electron chi connectivity index (χ2n) is 3.55. The van der Waals surface area contributed by atoms with E-state index in [2.05, 4.69) is 9.97 Å². The Kier molecular flexibility index (Phi) is 6.61. The first-order chi connectivity index (χ1) is 8.61. The molecule has 6 nitrogen and oxygen atoms in total. The lowest BCUT2D eigenvalue weighted by Gasteiger charge is -2.04. The summed E-state index contributed by atoms with van der Waals surface area (Å²) in [6, 6.07) is 3.07. The fraction of sp³-hybridized carbons (Fsp3) is 0. The Hall–Kier alpha value is -2.18. The number of carboxylic acids is 2. The summed E-state index contributed by atoms with van der Waals surface area (Å²) in [5.41, 5.74) is 0.748. The Morgan fingerprint density at radius 2 is 1.15 bits per heavy atom. The number of halogens is 2. The van der Waals surface area contributed by atoms with E-state index in [-0.39, 0.29) is 35.9 Å². The Balaban J connectivity index is 0.00000180. The molecule has 20 heavy (non-hydrogen) atoms. The second-order valence-corrected chi connectivity index (χ2v) is 3.55. The van der Waals surface area contributed by atoms with Crippen molar-refractivity contribution in [1.29, 1.82) is 0 Å². The Labute approximate surface area is 126 Å². The van der Waals surface area contributed by atoms with Gasteiger partial charge in [-0.2, -0.15) is 0 Å². The van der Waals surface area contributed by atoms with Gasteiger partial charge in [-0.3, -0.25) is 0 Å². The van der Waals surface area contributed by atoms with Gasteiger partial charge in [-0.15, -0.1) is 0 Å². The first-order valence-corrected chi connectivity index (χ1v) is 5.08. The first kappa shape index (κ1) is 17.8. The third-order valence-electron chi connectivity index (χ3n) is 2.48. The molecular formula is C12H10Cl2N2O4. The average molecular weight is 317 g/mol. The van der Waals surface area contributed by atoms with Gasteiger partial charge in [0.2, 0.25) is 0 Å². The number of nitrogens with one attached hydrogen (secondary N) is 2. The van der Waals surface area contributed by atoms with Crippen LogP contribution in [0.2, 0.25) is 0 Å². The number of aromatic carboxylic acids is 2. The van der Waals surface area contributed by atoms with Crippen LogP contribution >= 0.6 is 0 Å². The van der Waals surface area contributed by atoms with E-state index in [0.29, 0.717) is 11.1 Å². The van der Waals surface area contributed by atoms with E-state index in [4.69, 9.17) is 10.2 Å². The fourth-order valence-electron chi connectivity index (χ4n) is 1.68. The van der Waals surface area contributed by atoms with E-state index < -0.39 is 11.9 Å². The van der Waals surface area contributed by atoms with Gasteiger partial charge < -0.3 is 35.0 Å². The van der Waals surface area contributed by atoms with E-state index in [1.807, 2.05) is 0 Å². The summed E-state index contributed by atoms with van der Waals surface area (Å²) in [5.74, 6) is -2.24. The highest BCUT2D eigenvalue weighted by atomic mass is 35.5. The number of carboxylic acid groups (broad SMARTS) is 2. The molecule has 2 heterocycles. The highest BCUT2D eigenvalue weighted by molar-refractivity contribution is 6.01. The largest absolute Gasteiger partial charge is 1.00 e. The molecule has 2 rings (SSSR count). The Morgan fingerprint density at radius 1 is 0.800 bits per heavy atom. The van der Waals surface area contributed by atoms with E-state index >= 15 is 0 Å². The summed E-state index contributed by atoms with van der Waals surface area (Å²) in [6.07, 6.45) is 5.73. The van der Waals surface area contributed by atoms with Crippen molar-refractivity contribution in [1.82, 2.24) is 0 Å². The topological polar surface area (TPSA) is 103 Å². The monoisotopic (exact) mass is 316 g/mol. The highest BCUT2D eigenvalue weighted by Gasteiger charge is 2.20. The van der Waals surface area contributed by atoms with Crippen molar-refractivity contribution < 1.29 is 54.6 Å². The minimum Gasteiger partial charge on any atom is -1.00 e. The predicted octanol–water partition coefficient (Wildman–Crippen LogP) is -5.61. The molecule has 0 spiro atoms. The van der Waals surface area contributed by atoms with Crippen molar-refractivity contribution in [3.63, 3.8) is 0 Å². The number of hydrogen-bond donors (Lipinski definition) is 2. The zero-order chi connectivity index (χ0) is 13.1. The molecule has 0 atom stereocenters. The molecule has 2 aromatic rings.